The Labute approximate surface area is 160 Å². The molecular formula is C19H19N5O4. The molecule has 2 heterocycles. The fourth-order valence-corrected chi connectivity index (χ4v) is 2.53. The predicted octanol–water partition coefficient (Wildman–Crippen LogP) is 0.292. The average Bonchev–Trinajstić information content (AvgIpc) is 2.71. The maximum absolute atomic E-state index is 12.3. The molecular weight excluding hydrogens is 362 g/mol. The van der Waals surface area contributed by atoms with E-state index < -0.39 is 0 Å². The summed E-state index contributed by atoms with van der Waals surface area (Å²) in [5.74, 6) is 0.359. The van der Waals surface area contributed by atoms with Gasteiger partial charge in [0.2, 0.25) is 5.91 Å². The first-order valence-corrected chi connectivity index (χ1v) is 8.56. The SMILES string of the molecule is COc1ccc(-c2cc(=O)n(CCNC(=O)Cn3ncccc3=O)cn2)cc1. The van der Waals surface area contributed by atoms with E-state index in [0.29, 0.717) is 5.69 Å². The quantitative estimate of drug-likeness (QED) is 0.630. The Morgan fingerprint density at radius 2 is 1.93 bits per heavy atom. The van der Waals surface area contributed by atoms with E-state index in [2.05, 4.69) is 15.4 Å². The first-order chi connectivity index (χ1) is 13.6. The van der Waals surface area contributed by atoms with Gasteiger partial charge in [-0.05, 0) is 30.3 Å². The van der Waals surface area contributed by atoms with Gasteiger partial charge in [-0.15, -0.1) is 0 Å². The van der Waals surface area contributed by atoms with Gasteiger partial charge in [0.1, 0.15) is 12.3 Å². The van der Waals surface area contributed by atoms with Crippen molar-refractivity contribution < 1.29 is 9.53 Å². The number of amides is 1. The van der Waals surface area contributed by atoms with Gasteiger partial charge in [0, 0.05) is 37.0 Å². The molecule has 0 radical (unpaired) electrons. The van der Waals surface area contributed by atoms with Crippen molar-refractivity contribution in [3.63, 3.8) is 0 Å². The van der Waals surface area contributed by atoms with E-state index in [1.54, 1.807) is 19.2 Å². The van der Waals surface area contributed by atoms with E-state index in [1.165, 1.54) is 35.3 Å². The van der Waals surface area contributed by atoms with E-state index in [4.69, 9.17) is 4.74 Å². The number of carbonyl (C=O) groups is 1. The Bertz CT molecular complexity index is 1070. The monoisotopic (exact) mass is 381 g/mol. The molecule has 9 nitrogen and oxygen atoms in total. The van der Waals surface area contributed by atoms with Crippen molar-refractivity contribution in [2.75, 3.05) is 13.7 Å². The van der Waals surface area contributed by atoms with Crippen molar-refractivity contribution in [2.24, 2.45) is 0 Å². The molecule has 0 atom stereocenters. The summed E-state index contributed by atoms with van der Waals surface area (Å²) in [6.07, 6.45) is 2.88. The van der Waals surface area contributed by atoms with Crippen LogP contribution in [0.2, 0.25) is 0 Å². The Balaban J connectivity index is 1.57. The number of carbonyl (C=O) groups excluding carboxylic acids is 1. The number of nitrogens with one attached hydrogen (secondary N) is 1. The standard InChI is InChI=1S/C19H19N5O4/c1-28-15-6-4-14(5-7-15)16-11-19(27)23(13-21-16)10-9-20-17(25)12-24-18(26)3-2-8-22-24/h2-8,11,13H,9-10,12H2,1H3,(H,20,25). The second kappa shape index (κ2) is 8.76. The molecule has 1 N–H and O–H groups in total. The van der Waals surface area contributed by atoms with Gasteiger partial charge < -0.3 is 10.1 Å². The zero-order chi connectivity index (χ0) is 19.9. The predicted molar refractivity (Wildman–Crippen MR) is 102 cm³/mol. The van der Waals surface area contributed by atoms with Gasteiger partial charge >= 0.3 is 0 Å². The smallest absolute Gasteiger partial charge is 0.267 e. The highest BCUT2D eigenvalue weighted by Crippen LogP contribution is 2.19. The number of hydrogen-bond acceptors (Lipinski definition) is 6. The molecule has 0 aliphatic rings. The van der Waals surface area contributed by atoms with E-state index in [9.17, 15) is 14.4 Å². The minimum Gasteiger partial charge on any atom is -0.497 e. The molecule has 2 aromatic heterocycles. The summed E-state index contributed by atoms with van der Waals surface area (Å²) >= 11 is 0. The van der Waals surface area contributed by atoms with Crippen LogP contribution in [0.25, 0.3) is 11.3 Å². The molecule has 28 heavy (non-hydrogen) atoms. The summed E-state index contributed by atoms with van der Waals surface area (Å²) in [6.45, 7) is 0.310. The molecule has 0 aliphatic heterocycles. The highest BCUT2D eigenvalue weighted by molar-refractivity contribution is 5.75. The van der Waals surface area contributed by atoms with Gasteiger partial charge in [-0.2, -0.15) is 5.10 Å². The Kier molecular flexibility index (Phi) is 5.95. The summed E-state index contributed by atoms with van der Waals surface area (Å²) in [5, 5.41) is 6.47. The van der Waals surface area contributed by atoms with Crippen LogP contribution in [0.15, 0.2) is 64.6 Å². The fraction of sp³-hybridized carbons (Fsp3) is 0.211. The third-order valence-electron chi connectivity index (χ3n) is 4.02. The lowest BCUT2D eigenvalue weighted by atomic mass is 10.1. The molecule has 1 amide bonds. The molecule has 0 aliphatic carbocycles. The molecule has 9 heteroatoms. The molecule has 1 aromatic carbocycles. The van der Waals surface area contributed by atoms with E-state index in [-0.39, 0.29) is 36.7 Å². The third kappa shape index (κ3) is 4.70. The van der Waals surface area contributed by atoms with Crippen LogP contribution in [0.1, 0.15) is 0 Å². The van der Waals surface area contributed by atoms with Crippen LogP contribution in [0.5, 0.6) is 5.75 Å². The first kappa shape index (κ1) is 19.0. The van der Waals surface area contributed by atoms with Crippen molar-refractivity contribution in [3.05, 3.63) is 75.7 Å². The Morgan fingerprint density at radius 1 is 1.14 bits per heavy atom. The van der Waals surface area contributed by atoms with Crippen molar-refractivity contribution >= 4 is 5.91 Å². The molecule has 0 saturated carbocycles. The molecule has 0 fully saturated rings. The summed E-state index contributed by atoms with van der Waals surface area (Å²) < 4.78 is 7.58. The zero-order valence-electron chi connectivity index (χ0n) is 15.2. The van der Waals surface area contributed by atoms with Gasteiger partial charge in [0.15, 0.2) is 0 Å². The minimum absolute atomic E-state index is 0.177. The van der Waals surface area contributed by atoms with E-state index in [0.717, 1.165) is 16.0 Å². The first-order valence-electron chi connectivity index (χ1n) is 8.56. The fourth-order valence-electron chi connectivity index (χ4n) is 2.53. The molecule has 3 rings (SSSR count). The van der Waals surface area contributed by atoms with Crippen LogP contribution >= 0.6 is 0 Å². The van der Waals surface area contributed by atoms with Gasteiger partial charge in [0.25, 0.3) is 11.1 Å². The highest BCUT2D eigenvalue weighted by atomic mass is 16.5. The Morgan fingerprint density at radius 3 is 2.61 bits per heavy atom. The lowest BCUT2D eigenvalue weighted by molar-refractivity contribution is -0.121. The maximum atomic E-state index is 12.3. The average molecular weight is 381 g/mol. The van der Waals surface area contributed by atoms with Crippen LogP contribution < -0.4 is 21.2 Å². The zero-order valence-corrected chi connectivity index (χ0v) is 15.2. The minimum atomic E-state index is -0.364. The van der Waals surface area contributed by atoms with Crippen LogP contribution in [0, 0.1) is 0 Å². The number of hydrogen-bond donors (Lipinski definition) is 1. The molecule has 0 unspecified atom stereocenters. The molecule has 0 bridgehead atoms. The van der Waals surface area contributed by atoms with Crippen LogP contribution in [0.4, 0.5) is 0 Å². The van der Waals surface area contributed by atoms with Gasteiger partial charge in [-0.25, -0.2) is 9.67 Å². The number of methoxy groups -OCH3 is 1. The van der Waals surface area contributed by atoms with Gasteiger partial charge in [0.05, 0.1) is 19.1 Å². The van der Waals surface area contributed by atoms with Crippen molar-refractivity contribution in [2.45, 2.75) is 13.1 Å². The van der Waals surface area contributed by atoms with Crippen molar-refractivity contribution in [3.8, 4) is 17.0 Å². The molecule has 0 saturated heterocycles. The molecule has 0 spiro atoms. The van der Waals surface area contributed by atoms with E-state index in [1.807, 2.05) is 12.1 Å². The van der Waals surface area contributed by atoms with Crippen LogP contribution in [-0.2, 0) is 17.9 Å². The second-order valence-corrected chi connectivity index (χ2v) is 5.90. The lowest BCUT2D eigenvalue weighted by Gasteiger charge is -2.09. The maximum Gasteiger partial charge on any atom is 0.267 e. The van der Waals surface area contributed by atoms with Gasteiger partial charge in [-0.3, -0.25) is 19.0 Å². The van der Waals surface area contributed by atoms with Crippen molar-refractivity contribution in [1.29, 1.82) is 0 Å². The van der Waals surface area contributed by atoms with Crippen LogP contribution in [-0.4, -0.2) is 38.9 Å². The Hall–Kier alpha value is -3.75. The summed E-state index contributed by atoms with van der Waals surface area (Å²) in [7, 11) is 1.59. The summed E-state index contributed by atoms with van der Waals surface area (Å²) in [6, 6.07) is 11.5. The molecule has 144 valence electrons. The van der Waals surface area contributed by atoms with Crippen LogP contribution in [0.3, 0.4) is 0 Å². The summed E-state index contributed by atoms with van der Waals surface area (Å²) in [5.41, 5.74) is 0.782. The third-order valence-corrected chi connectivity index (χ3v) is 4.02. The normalized spacial score (nSPS) is 10.5. The van der Waals surface area contributed by atoms with Crippen molar-refractivity contribution in [1.82, 2.24) is 24.6 Å². The molecule has 3 aromatic rings. The number of benzene rings is 1. The number of ether oxygens (including phenoxy) is 1. The topological polar surface area (TPSA) is 108 Å². The largest absolute Gasteiger partial charge is 0.497 e. The van der Waals surface area contributed by atoms with Gasteiger partial charge in [-0.1, -0.05) is 0 Å². The number of aromatic nitrogens is 4. The second-order valence-electron chi connectivity index (χ2n) is 5.90. The van der Waals surface area contributed by atoms with E-state index >= 15 is 0 Å². The number of nitrogens with zero attached hydrogens (tertiary/aromatic N) is 4. The number of rotatable bonds is 7. The summed E-state index contributed by atoms with van der Waals surface area (Å²) in [4.78, 5) is 40.0. The lowest BCUT2D eigenvalue weighted by Crippen LogP contribution is -2.35. The highest BCUT2D eigenvalue weighted by Gasteiger charge is 2.06.